The average Bonchev–Trinajstić information content (AvgIpc) is 2.67. The van der Waals surface area contributed by atoms with Crippen molar-refractivity contribution in [1.29, 1.82) is 0 Å². The van der Waals surface area contributed by atoms with Gasteiger partial charge in [0.1, 0.15) is 11.4 Å². The third-order valence-electron chi connectivity index (χ3n) is 4.66. The number of hydrogen-bond acceptors (Lipinski definition) is 6. The van der Waals surface area contributed by atoms with Crippen LogP contribution in [0.25, 0.3) is 0 Å². The number of nitrogens with one attached hydrogen (secondary N) is 1. The fourth-order valence-electron chi connectivity index (χ4n) is 3.20. The summed E-state index contributed by atoms with van der Waals surface area (Å²) in [4.78, 5) is 39.8. The van der Waals surface area contributed by atoms with E-state index in [1.54, 1.807) is 17.9 Å². The van der Waals surface area contributed by atoms with Crippen LogP contribution in [0.4, 0.5) is 10.1 Å². The maximum absolute atomic E-state index is 14.1. The first-order valence-electron chi connectivity index (χ1n) is 8.99. The normalized spacial score (nSPS) is 19.8. The van der Waals surface area contributed by atoms with Crippen molar-refractivity contribution in [2.75, 3.05) is 24.6 Å². The van der Waals surface area contributed by atoms with Gasteiger partial charge in [0.25, 0.3) is 11.8 Å². The second-order valence-electron chi connectivity index (χ2n) is 6.46. The molecular weight excluding hydrogens is 385 g/mol. The number of halogens is 1. The van der Waals surface area contributed by atoms with Gasteiger partial charge in [-0.3, -0.25) is 19.7 Å². The lowest BCUT2D eigenvalue weighted by atomic mass is 9.97. The molecule has 148 valence electrons. The summed E-state index contributed by atoms with van der Waals surface area (Å²) in [5.74, 6) is -2.35. The van der Waals surface area contributed by atoms with Gasteiger partial charge in [-0.25, -0.2) is 9.29 Å². The Morgan fingerprint density at radius 1 is 1.32 bits per heavy atom. The van der Waals surface area contributed by atoms with Gasteiger partial charge < -0.3 is 9.64 Å². The van der Waals surface area contributed by atoms with Gasteiger partial charge in [-0.2, -0.15) is 0 Å². The number of para-hydroxylation sites is 1. The quantitative estimate of drug-likeness (QED) is 0.356. The fourth-order valence-corrected chi connectivity index (χ4v) is 3.48. The number of hydrogen-bond donors (Lipinski definition) is 1. The molecule has 0 radical (unpaired) electrons. The number of ether oxygens (including phenoxy) is 1. The Morgan fingerprint density at radius 2 is 2.00 bits per heavy atom. The molecule has 0 aliphatic carbocycles. The molecule has 2 fully saturated rings. The highest BCUT2D eigenvalue weighted by Crippen LogP contribution is 2.25. The van der Waals surface area contributed by atoms with E-state index >= 15 is 0 Å². The lowest BCUT2D eigenvalue weighted by Gasteiger charge is -2.33. The van der Waals surface area contributed by atoms with Crippen LogP contribution in [0.3, 0.4) is 0 Å². The SMILES string of the molecule is CCOC(=O)C1CCN(/C=C2/C(=O)NC(=S)N(c3ccccc3F)C2=O)CC1. The first-order chi connectivity index (χ1) is 13.4. The first-order valence-corrected chi connectivity index (χ1v) is 9.40. The lowest BCUT2D eigenvalue weighted by molar-refractivity contribution is -0.149. The molecule has 3 rings (SSSR count). The van der Waals surface area contributed by atoms with Crippen molar-refractivity contribution >= 4 is 40.8 Å². The molecule has 0 unspecified atom stereocenters. The smallest absolute Gasteiger partial charge is 0.309 e. The summed E-state index contributed by atoms with van der Waals surface area (Å²) in [7, 11) is 0. The van der Waals surface area contributed by atoms with Gasteiger partial charge in [0.05, 0.1) is 18.2 Å². The number of amides is 2. The monoisotopic (exact) mass is 405 g/mol. The summed E-state index contributed by atoms with van der Waals surface area (Å²) in [6.45, 7) is 3.09. The standard InChI is InChI=1S/C19H20FN3O4S/c1-2-27-18(26)12-7-9-22(10-8-12)11-13-16(24)21-19(28)23(17(13)25)15-6-4-3-5-14(15)20/h3-6,11-12H,2,7-10H2,1H3,(H,21,24,28)/b13-11-. The van der Waals surface area contributed by atoms with Crippen LogP contribution in [0.15, 0.2) is 36.0 Å². The third kappa shape index (κ3) is 4.04. The third-order valence-corrected chi connectivity index (χ3v) is 4.94. The van der Waals surface area contributed by atoms with Gasteiger partial charge in [-0.15, -0.1) is 0 Å². The summed E-state index contributed by atoms with van der Waals surface area (Å²) in [5, 5.41) is 2.26. The zero-order valence-corrected chi connectivity index (χ0v) is 16.1. The summed E-state index contributed by atoms with van der Waals surface area (Å²) in [5.41, 5.74) is -0.157. The Balaban J connectivity index is 1.77. The molecule has 0 aromatic heterocycles. The molecule has 0 saturated carbocycles. The number of carbonyl (C=O) groups excluding carboxylic acids is 3. The van der Waals surface area contributed by atoms with Gasteiger partial charge in [0.15, 0.2) is 5.11 Å². The Bertz CT molecular complexity index is 849. The predicted molar refractivity (Wildman–Crippen MR) is 104 cm³/mol. The Kier molecular flexibility index (Phi) is 6.03. The Labute approximate surface area is 167 Å². The molecule has 1 aromatic carbocycles. The molecule has 0 bridgehead atoms. The zero-order chi connectivity index (χ0) is 20.3. The molecule has 0 spiro atoms. The topological polar surface area (TPSA) is 79.0 Å². The summed E-state index contributed by atoms with van der Waals surface area (Å²) >= 11 is 5.06. The molecule has 2 heterocycles. The predicted octanol–water partition coefficient (Wildman–Crippen LogP) is 1.73. The molecular formula is C19H20FN3O4S. The number of carbonyl (C=O) groups is 3. The molecule has 7 nitrogen and oxygen atoms in total. The average molecular weight is 405 g/mol. The van der Waals surface area contributed by atoms with E-state index in [9.17, 15) is 18.8 Å². The van der Waals surface area contributed by atoms with Crippen molar-refractivity contribution in [3.63, 3.8) is 0 Å². The largest absolute Gasteiger partial charge is 0.466 e. The Hall–Kier alpha value is -2.81. The van der Waals surface area contributed by atoms with Crippen LogP contribution in [0.2, 0.25) is 0 Å². The summed E-state index contributed by atoms with van der Waals surface area (Å²) in [6.07, 6.45) is 2.58. The van der Waals surface area contributed by atoms with Crippen LogP contribution < -0.4 is 10.2 Å². The van der Waals surface area contributed by atoms with Gasteiger partial charge in [-0.05, 0) is 44.1 Å². The maximum Gasteiger partial charge on any atom is 0.309 e. The van der Waals surface area contributed by atoms with Crippen LogP contribution in [0, 0.1) is 11.7 Å². The van der Waals surface area contributed by atoms with Crippen LogP contribution in [-0.4, -0.2) is 47.5 Å². The number of thiocarbonyl (C=S) groups is 1. The Morgan fingerprint density at radius 3 is 2.64 bits per heavy atom. The molecule has 2 saturated heterocycles. The second-order valence-corrected chi connectivity index (χ2v) is 6.84. The molecule has 2 amide bonds. The minimum atomic E-state index is -0.689. The highest BCUT2D eigenvalue weighted by Gasteiger charge is 2.36. The van der Waals surface area contributed by atoms with Crippen molar-refractivity contribution in [1.82, 2.24) is 10.2 Å². The minimum absolute atomic E-state index is 0.0237. The molecule has 2 aliphatic rings. The van der Waals surface area contributed by atoms with E-state index in [0.29, 0.717) is 32.5 Å². The second kappa shape index (κ2) is 8.47. The number of likely N-dealkylation sites (tertiary alicyclic amines) is 1. The highest BCUT2D eigenvalue weighted by atomic mass is 32.1. The number of anilines is 1. The number of esters is 1. The molecule has 1 N–H and O–H groups in total. The number of piperidine rings is 1. The van der Waals surface area contributed by atoms with Crippen LogP contribution in [-0.2, 0) is 19.1 Å². The zero-order valence-electron chi connectivity index (χ0n) is 15.3. The van der Waals surface area contributed by atoms with Crippen molar-refractivity contribution in [2.45, 2.75) is 19.8 Å². The van der Waals surface area contributed by atoms with Gasteiger partial charge in [0.2, 0.25) is 0 Å². The summed E-state index contributed by atoms with van der Waals surface area (Å²) in [6, 6.07) is 5.71. The van der Waals surface area contributed by atoms with Gasteiger partial charge in [0, 0.05) is 19.3 Å². The molecule has 0 atom stereocenters. The van der Waals surface area contributed by atoms with E-state index in [4.69, 9.17) is 17.0 Å². The van der Waals surface area contributed by atoms with E-state index in [2.05, 4.69) is 5.32 Å². The van der Waals surface area contributed by atoms with Crippen LogP contribution >= 0.6 is 12.2 Å². The summed E-state index contributed by atoms with van der Waals surface area (Å²) < 4.78 is 19.2. The molecule has 9 heteroatoms. The van der Waals surface area contributed by atoms with Crippen LogP contribution in [0.5, 0.6) is 0 Å². The van der Waals surface area contributed by atoms with Crippen molar-refractivity contribution in [3.05, 3.63) is 41.9 Å². The molecule has 2 aliphatic heterocycles. The van der Waals surface area contributed by atoms with E-state index < -0.39 is 17.6 Å². The van der Waals surface area contributed by atoms with E-state index in [1.165, 1.54) is 24.4 Å². The van der Waals surface area contributed by atoms with Crippen molar-refractivity contribution in [2.24, 2.45) is 5.92 Å². The van der Waals surface area contributed by atoms with E-state index in [-0.39, 0.29) is 28.3 Å². The minimum Gasteiger partial charge on any atom is -0.466 e. The number of benzene rings is 1. The van der Waals surface area contributed by atoms with E-state index in [0.717, 1.165) is 4.90 Å². The fraction of sp³-hybridized carbons (Fsp3) is 0.368. The van der Waals surface area contributed by atoms with Gasteiger partial charge in [-0.1, -0.05) is 12.1 Å². The van der Waals surface area contributed by atoms with Crippen molar-refractivity contribution < 1.29 is 23.5 Å². The number of nitrogens with zero attached hydrogens (tertiary/aromatic N) is 2. The maximum atomic E-state index is 14.1. The molecule has 28 heavy (non-hydrogen) atoms. The first kappa shape index (κ1) is 19.9. The highest BCUT2D eigenvalue weighted by molar-refractivity contribution is 7.80. The van der Waals surface area contributed by atoms with Crippen molar-refractivity contribution in [3.8, 4) is 0 Å². The van der Waals surface area contributed by atoms with Crippen LogP contribution in [0.1, 0.15) is 19.8 Å². The number of rotatable bonds is 4. The molecule has 1 aromatic rings. The lowest BCUT2D eigenvalue weighted by Crippen LogP contribution is -2.55. The van der Waals surface area contributed by atoms with Gasteiger partial charge >= 0.3 is 5.97 Å². The van der Waals surface area contributed by atoms with E-state index in [1.807, 2.05) is 0 Å².